The molecule has 0 amide bonds. The summed E-state index contributed by atoms with van der Waals surface area (Å²) >= 11 is 12.0. The molecule has 1 aromatic carbocycles. The smallest absolute Gasteiger partial charge is 0.116 e. The van der Waals surface area contributed by atoms with Gasteiger partial charge in [-0.15, -0.1) is 0 Å². The van der Waals surface area contributed by atoms with Crippen molar-refractivity contribution in [2.75, 3.05) is 13.3 Å². The third-order valence-electron chi connectivity index (χ3n) is 2.45. The molecule has 0 radical (unpaired) electrons. The number of nitrogens with zero attached hydrogens (tertiary/aromatic N) is 2. The van der Waals surface area contributed by atoms with Crippen LogP contribution in [0.1, 0.15) is 12.5 Å². The second-order valence-corrected chi connectivity index (χ2v) is 4.60. The van der Waals surface area contributed by atoms with Crippen LogP contribution in [0, 0.1) is 0 Å². The summed E-state index contributed by atoms with van der Waals surface area (Å²) in [5, 5.41) is 3.15. The van der Waals surface area contributed by atoms with E-state index in [1.165, 1.54) is 0 Å². The van der Waals surface area contributed by atoms with Crippen molar-refractivity contribution in [3.05, 3.63) is 46.2 Å². The molecule has 3 nitrogen and oxygen atoms in total. The quantitative estimate of drug-likeness (QED) is 0.835. The summed E-state index contributed by atoms with van der Waals surface area (Å²) in [5.41, 5.74) is 1.05. The van der Waals surface area contributed by atoms with Gasteiger partial charge in [0.2, 0.25) is 0 Å². The van der Waals surface area contributed by atoms with Gasteiger partial charge in [-0.05, 0) is 24.6 Å². The fraction of sp³-hybridized carbons (Fsp3) is 0.333. The van der Waals surface area contributed by atoms with E-state index in [-0.39, 0.29) is 0 Å². The normalized spacial score (nSPS) is 14.8. The first-order valence-corrected chi connectivity index (χ1v) is 6.20. The van der Waals surface area contributed by atoms with Crippen LogP contribution in [0.2, 0.25) is 10.0 Å². The molecule has 0 saturated carbocycles. The van der Waals surface area contributed by atoms with E-state index >= 15 is 0 Å². The summed E-state index contributed by atoms with van der Waals surface area (Å²) in [6.45, 7) is 4.09. The average molecular weight is 273 g/mol. The molecule has 0 bridgehead atoms. The van der Waals surface area contributed by atoms with Gasteiger partial charge in [0, 0.05) is 29.0 Å². The Morgan fingerprint density at radius 2 is 2.12 bits per heavy atom. The maximum atomic E-state index is 6.13. The molecule has 5 heteroatoms. The zero-order valence-electron chi connectivity index (χ0n) is 9.57. The molecule has 0 saturated heterocycles. The van der Waals surface area contributed by atoms with Crippen LogP contribution in [-0.4, -0.2) is 23.2 Å². The molecule has 1 aliphatic heterocycles. The SMILES string of the molecule is CCON1C=CN(Cc2ccc(Cl)cc2Cl)C1. The Morgan fingerprint density at radius 1 is 1.29 bits per heavy atom. The maximum absolute atomic E-state index is 6.13. The Kier molecular flexibility index (Phi) is 4.15. The van der Waals surface area contributed by atoms with Crippen molar-refractivity contribution in [3.63, 3.8) is 0 Å². The molecule has 0 aromatic heterocycles. The Labute approximate surface area is 111 Å². The predicted molar refractivity (Wildman–Crippen MR) is 69.5 cm³/mol. The molecule has 0 aliphatic carbocycles. The minimum atomic E-state index is 0.659. The number of rotatable bonds is 4. The molecule has 1 aromatic rings. The van der Waals surface area contributed by atoms with Crippen molar-refractivity contribution < 1.29 is 4.84 Å². The lowest BCUT2D eigenvalue weighted by molar-refractivity contribution is -0.124. The summed E-state index contributed by atoms with van der Waals surface area (Å²) in [7, 11) is 0. The molecular formula is C12H14Cl2N2O. The zero-order valence-corrected chi connectivity index (χ0v) is 11.1. The molecule has 0 unspecified atom stereocenters. The van der Waals surface area contributed by atoms with Gasteiger partial charge in [-0.1, -0.05) is 29.3 Å². The third-order valence-corrected chi connectivity index (χ3v) is 3.04. The van der Waals surface area contributed by atoms with Gasteiger partial charge in [0.1, 0.15) is 6.67 Å². The molecule has 92 valence electrons. The van der Waals surface area contributed by atoms with Gasteiger partial charge < -0.3 is 4.90 Å². The van der Waals surface area contributed by atoms with Crippen LogP contribution in [0.25, 0.3) is 0 Å². The lowest BCUT2D eigenvalue weighted by Crippen LogP contribution is -2.25. The maximum Gasteiger partial charge on any atom is 0.116 e. The fourth-order valence-corrected chi connectivity index (χ4v) is 2.13. The van der Waals surface area contributed by atoms with Crippen molar-refractivity contribution in [2.45, 2.75) is 13.5 Å². The summed E-state index contributed by atoms with van der Waals surface area (Å²) in [6, 6.07) is 5.56. The van der Waals surface area contributed by atoms with Gasteiger partial charge in [0.05, 0.1) is 6.61 Å². The first-order valence-electron chi connectivity index (χ1n) is 5.45. The van der Waals surface area contributed by atoms with E-state index < -0.39 is 0 Å². The largest absolute Gasteiger partial charge is 0.352 e. The van der Waals surface area contributed by atoms with Gasteiger partial charge in [-0.25, -0.2) is 5.06 Å². The van der Waals surface area contributed by atoms with Gasteiger partial charge in [-0.3, -0.25) is 4.84 Å². The highest BCUT2D eigenvalue weighted by molar-refractivity contribution is 6.35. The van der Waals surface area contributed by atoms with Crippen molar-refractivity contribution >= 4 is 23.2 Å². The summed E-state index contributed by atoms with van der Waals surface area (Å²) in [4.78, 5) is 7.49. The van der Waals surface area contributed by atoms with Crippen LogP contribution in [0.5, 0.6) is 0 Å². The van der Waals surface area contributed by atoms with E-state index in [4.69, 9.17) is 28.0 Å². The standard InChI is InChI=1S/C12H14Cl2N2O/c1-2-17-16-6-5-15(9-16)8-10-3-4-11(13)7-12(10)14/h3-7H,2,8-9H2,1H3. The van der Waals surface area contributed by atoms with Crippen LogP contribution >= 0.6 is 23.2 Å². The van der Waals surface area contributed by atoms with Crippen molar-refractivity contribution in [1.82, 2.24) is 9.96 Å². The Bertz CT molecular complexity index is 423. The van der Waals surface area contributed by atoms with E-state index in [2.05, 4.69) is 4.90 Å². The molecule has 1 heterocycles. The van der Waals surface area contributed by atoms with Crippen LogP contribution in [0.15, 0.2) is 30.6 Å². The van der Waals surface area contributed by atoms with E-state index in [1.54, 1.807) is 11.1 Å². The van der Waals surface area contributed by atoms with E-state index in [0.717, 1.165) is 12.1 Å². The monoisotopic (exact) mass is 272 g/mol. The Morgan fingerprint density at radius 3 is 2.82 bits per heavy atom. The Hall–Kier alpha value is -0.900. The second kappa shape index (κ2) is 5.63. The zero-order chi connectivity index (χ0) is 12.3. The summed E-state index contributed by atoms with van der Waals surface area (Å²) in [6.07, 6.45) is 3.90. The fourth-order valence-electron chi connectivity index (χ4n) is 1.66. The van der Waals surface area contributed by atoms with Crippen molar-refractivity contribution in [1.29, 1.82) is 0 Å². The number of hydrogen-bond acceptors (Lipinski definition) is 3. The molecule has 0 atom stereocenters. The van der Waals surface area contributed by atoms with E-state index in [9.17, 15) is 0 Å². The molecular weight excluding hydrogens is 259 g/mol. The van der Waals surface area contributed by atoms with E-state index in [1.807, 2.05) is 31.5 Å². The van der Waals surface area contributed by atoms with Gasteiger partial charge in [0.25, 0.3) is 0 Å². The molecule has 2 rings (SSSR count). The number of halogens is 2. The van der Waals surface area contributed by atoms with Crippen LogP contribution in [0.4, 0.5) is 0 Å². The van der Waals surface area contributed by atoms with E-state index in [0.29, 0.717) is 23.3 Å². The summed E-state index contributed by atoms with van der Waals surface area (Å²) < 4.78 is 0. The lowest BCUT2D eigenvalue weighted by Gasteiger charge is -2.20. The third kappa shape index (κ3) is 3.28. The number of hydrogen-bond donors (Lipinski definition) is 0. The first-order chi connectivity index (χ1) is 8.19. The van der Waals surface area contributed by atoms with Crippen molar-refractivity contribution in [2.24, 2.45) is 0 Å². The number of hydroxylamine groups is 2. The average Bonchev–Trinajstić information content (AvgIpc) is 2.71. The first kappa shape index (κ1) is 12.6. The van der Waals surface area contributed by atoms with Gasteiger partial charge >= 0.3 is 0 Å². The minimum Gasteiger partial charge on any atom is -0.352 e. The second-order valence-electron chi connectivity index (χ2n) is 3.76. The lowest BCUT2D eigenvalue weighted by atomic mass is 10.2. The Balaban J connectivity index is 1.96. The van der Waals surface area contributed by atoms with Crippen molar-refractivity contribution in [3.8, 4) is 0 Å². The van der Waals surface area contributed by atoms with Gasteiger partial charge in [0.15, 0.2) is 0 Å². The highest BCUT2D eigenvalue weighted by atomic mass is 35.5. The summed E-state index contributed by atoms with van der Waals surface area (Å²) in [5.74, 6) is 0. The minimum absolute atomic E-state index is 0.659. The molecule has 17 heavy (non-hydrogen) atoms. The molecule has 0 N–H and O–H groups in total. The number of benzene rings is 1. The van der Waals surface area contributed by atoms with Crippen LogP contribution in [-0.2, 0) is 11.4 Å². The molecule has 0 spiro atoms. The highest BCUT2D eigenvalue weighted by Crippen LogP contribution is 2.23. The predicted octanol–water partition coefficient (Wildman–Crippen LogP) is 3.49. The molecule has 1 aliphatic rings. The molecule has 0 fully saturated rings. The van der Waals surface area contributed by atoms with Crippen LogP contribution in [0.3, 0.4) is 0 Å². The topological polar surface area (TPSA) is 15.7 Å². The van der Waals surface area contributed by atoms with Gasteiger partial charge in [-0.2, -0.15) is 0 Å². The highest BCUT2D eigenvalue weighted by Gasteiger charge is 2.13. The van der Waals surface area contributed by atoms with Crippen LogP contribution < -0.4 is 0 Å².